The van der Waals surface area contributed by atoms with Crippen LogP contribution in [0.3, 0.4) is 0 Å². The minimum atomic E-state index is -1.25. The van der Waals surface area contributed by atoms with Crippen LogP contribution in [0.15, 0.2) is 54.6 Å². The molecule has 0 saturated carbocycles. The Morgan fingerprint density at radius 3 is 2.08 bits per heavy atom. The maximum Gasteiger partial charge on any atom is 0.304 e. The molecular formula is C20H16N2O4. The van der Waals surface area contributed by atoms with Crippen molar-refractivity contribution in [1.29, 1.82) is 5.26 Å². The average Bonchev–Trinajstić information content (AvgIpc) is 2.90. The largest absolute Gasteiger partial charge is 0.445 e. The van der Waals surface area contributed by atoms with E-state index in [9.17, 15) is 19.6 Å². The molecule has 3 rings (SSSR count). The van der Waals surface area contributed by atoms with Crippen LogP contribution in [0.5, 0.6) is 0 Å². The summed E-state index contributed by atoms with van der Waals surface area (Å²) in [6, 6.07) is 16.6. The molecule has 2 amide bonds. The van der Waals surface area contributed by atoms with E-state index in [1.54, 1.807) is 24.3 Å². The molecule has 0 saturated heterocycles. The van der Waals surface area contributed by atoms with Gasteiger partial charge in [-0.1, -0.05) is 42.5 Å². The molecule has 1 heterocycles. The number of nitriles is 1. The number of esters is 1. The van der Waals surface area contributed by atoms with Gasteiger partial charge in [-0.3, -0.25) is 19.3 Å². The molecule has 0 radical (unpaired) electrons. The first kappa shape index (κ1) is 17.4. The van der Waals surface area contributed by atoms with Gasteiger partial charge in [-0.15, -0.1) is 0 Å². The Balaban J connectivity index is 2.01. The molecule has 2 aromatic rings. The number of nitrogens with zero attached hydrogens (tertiary/aromatic N) is 2. The lowest BCUT2D eigenvalue weighted by molar-refractivity contribution is -0.145. The van der Waals surface area contributed by atoms with Gasteiger partial charge in [0.05, 0.1) is 17.2 Å². The Kier molecular flexibility index (Phi) is 4.81. The zero-order valence-corrected chi connectivity index (χ0v) is 14.1. The molecule has 2 aromatic carbocycles. The van der Waals surface area contributed by atoms with Crippen LogP contribution in [0.1, 0.15) is 33.2 Å². The quantitative estimate of drug-likeness (QED) is 0.611. The highest BCUT2D eigenvalue weighted by molar-refractivity contribution is 6.21. The van der Waals surface area contributed by atoms with E-state index in [2.05, 4.69) is 0 Å². The first-order valence-electron chi connectivity index (χ1n) is 8.10. The van der Waals surface area contributed by atoms with Crippen LogP contribution in [0.4, 0.5) is 0 Å². The first-order chi connectivity index (χ1) is 12.5. The van der Waals surface area contributed by atoms with Crippen molar-refractivity contribution >= 4 is 17.8 Å². The molecule has 6 heteroatoms. The van der Waals surface area contributed by atoms with Crippen molar-refractivity contribution < 1.29 is 19.1 Å². The summed E-state index contributed by atoms with van der Waals surface area (Å²) in [4.78, 5) is 38.0. The van der Waals surface area contributed by atoms with E-state index < -0.39 is 29.9 Å². The van der Waals surface area contributed by atoms with Gasteiger partial charge in [0.1, 0.15) is 6.07 Å². The Morgan fingerprint density at radius 2 is 1.58 bits per heavy atom. The third-order valence-electron chi connectivity index (χ3n) is 4.21. The zero-order chi connectivity index (χ0) is 18.7. The molecule has 0 bridgehead atoms. The van der Waals surface area contributed by atoms with E-state index in [-0.39, 0.29) is 17.5 Å². The van der Waals surface area contributed by atoms with Crippen molar-refractivity contribution in [3.63, 3.8) is 0 Å². The number of carbonyl (C=O) groups excluding carboxylic acids is 3. The van der Waals surface area contributed by atoms with E-state index >= 15 is 0 Å². The van der Waals surface area contributed by atoms with Crippen molar-refractivity contribution in [3.05, 3.63) is 71.3 Å². The monoisotopic (exact) mass is 348 g/mol. The Bertz CT molecular complexity index is 867. The van der Waals surface area contributed by atoms with Gasteiger partial charge >= 0.3 is 5.97 Å². The lowest BCUT2D eigenvalue weighted by atomic mass is 10.00. The van der Waals surface area contributed by atoms with Crippen molar-refractivity contribution in [1.82, 2.24) is 4.90 Å². The number of fused-ring (bicyclic) bond motifs is 1. The van der Waals surface area contributed by atoms with Gasteiger partial charge in [0.25, 0.3) is 11.8 Å². The van der Waals surface area contributed by atoms with Crippen molar-refractivity contribution in [2.24, 2.45) is 0 Å². The SMILES string of the molecule is CC(=O)O[C@@H](C#N)[C@H](Cc1ccccc1)N1C(=O)c2ccccc2C1=O. The summed E-state index contributed by atoms with van der Waals surface area (Å²) < 4.78 is 5.10. The first-order valence-corrected chi connectivity index (χ1v) is 8.10. The van der Waals surface area contributed by atoms with E-state index in [0.29, 0.717) is 0 Å². The molecule has 0 spiro atoms. The Labute approximate surface area is 150 Å². The maximum absolute atomic E-state index is 12.8. The number of ether oxygens (including phenoxy) is 1. The molecule has 0 aliphatic carbocycles. The van der Waals surface area contributed by atoms with Crippen LogP contribution in [0.2, 0.25) is 0 Å². The fourth-order valence-electron chi connectivity index (χ4n) is 3.07. The number of carbonyl (C=O) groups is 3. The van der Waals surface area contributed by atoms with Crippen molar-refractivity contribution in [2.45, 2.75) is 25.5 Å². The summed E-state index contributed by atoms with van der Waals surface area (Å²) in [6.45, 7) is 1.19. The smallest absolute Gasteiger partial charge is 0.304 e. The highest BCUT2D eigenvalue weighted by Gasteiger charge is 2.43. The number of amides is 2. The molecule has 130 valence electrons. The molecule has 6 nitrogen and oxygen atoms in total. The van der Waals surface area contributed by atoms with E-state index in [1.165, 1.54) is 6.92 Å². The fraction of sp³-hybridized carbons (Fsp3) is 0.200. The number of rotatable bonds is 5. The molecule has 0 unspecified atom stereocenters. The van der Waals surface area contributed by atoms with Crippen LogP contribution >= 0.6 is 0 Å². The molecule has 2 atom stereocenters. The summed E-state index contributed by atoms with van der Waals surface area (Å²) in [6.07, 6.45) is -1.05. The lowest BCUT2D eigenvalue weighted by Crippen LogP contribution is -2.49. The zero-order valence-electron chi connectivity index (χ0n) is 14.1. The van der Waals surface area contributed by atoms with Crippen LogP contribution in [0.25, 0.3) is 0 Å². The normalized spacial score (nSPS) is 15.2. The summed E-state index contributed by atoms with van der Waals surface area (Å²) in [5, 5.41) is 9.50. The van der Waals surface area contributed by atoms with Gasteiger partial charge < -0.3 is 4.74 Å². The second-order valence-electron chi connectivity index (χ2n) is 5.94. The lowest BCUT2D eigenvalue weighted by Gasteiger charge is -2.29. The average molecular weight is 348 g/mol. The van der Waals surface area contributed by atoms with Gasteiger partial charge in [0.15, 0.2) is 0 Å². The third-order valence-corrected chi connectivity index (χ3v) is 4.21. The number of hydrogen-bond donors (Lipinski definition) is 0. The summed E-state index contributed by atoms with van der Waals surface area (Å²) >= 11 is 0. The molecule has 0 N–H and O–H groups in total. The standard InChI is InChI=1S/C20H16N2O4/c1-13(23)26-18(12-21)17(11-14-7-3-2-4-8-14)22-19(24)15-9-5-6-10-16(15)20(22)25/h2-10,17-18H,11H2,1H3/t17-,18-/m0/s1. The number of imide groups is 1. The summed E-state index contributed by atoms with van der Waals surface area (Å²) in [7, 11) is 0. The second kappa shape index (κ2) is 7.19. The molecule has 1 aliphatic rings. The van der Waals surface area contributed by atoms with Gasteiger partial charge in [-0.05, 0) is 24.1 Å². The number of hydrogen-bond acceptors (Lipinski definition) is 5. The van der Waals surface area contributed by atoms with E-state index in [1.807, 2.05) is 36.4 Å². The maximum atomic E-state index is 12.8. The van der Waals surface area contributed by atoms with Crippen molar-refractivity contribution in [3.8, 4) is 6.07 Å². The summed E-state index contributed by atoms with van der Waals surface area (Å²) in [5.41, 5.74) is 1.40. The molecule has 0 aromatic heterocycles. The minimum absolute atomic E-state index is 0.206. The highest BCUT2D eigenvalue weighted by Crippen LogP contribution is 2.28. The molecule has 26 heavy (non-hydrogen) atoms. The van der Waals surface area contributed by atoms with Gasteiger partial charge in [0, 0.05) is 6.92 Å². The number of benzene rings is 2. The highest BCUT2D eigenvalue weighted by atomic mass is 16.5. The Hall–Kier alpha value is -3.46. The molecular weight excluding hydrogens is 332 g/mol. The predicted molar refractivity (Wildman–Crippen MR) is 92.0 cm³/mol. The second-order valence-corrected chi connectivity index (χ2v) is 5.94. The third kappa shape index (κ3) is 3.20. The Morgan fingerprint density at radius 1 is 1.04 bits per heavy atom. The minimum Gasteiger partial charge on any atom is -0.445 e. The van der Waals surface area contributed by atoms with Crippen LogP contribution in [-0.4, -0.2) is 34.8 Å². The van der Waals surface area contributed by atoms with Crippen LogP contribution in [0, 0.1) is 11.3 Å². The predicted octanol–water partition coefficient (Wildman–Crippen LogP) is 2.35. The molecule has 0 fully saturated rings. The summed E-state index contributed by atoms with van der Waals surface area (Å²) in [5.74, 6) is -1.62. The van der Waals surface area contributed by atoms with Crippen LogP contribution in [-0.2, 0) is 16.0 Å². The topological polar surface area (TPSA) is 87.5 Å². The van der Waals surface area contributed by atoms with E-state index in [0.717, 1.165) is 10.5 Å². The van der Waals surface area contributed by atoms with E-state index in [4.69, 9.17) is 4.74 Å². The van der Waals surface area contributed by atoms with Crippen molar-refractivity contribution in [2.75, 3.05) is 0 Å². The van der Waals surface area contributed by atoms with Gasteiger partial charge in [-0.2, -0.15) is 5.26 Å². The molecule has 1 aliphatic heterocycles. The van der Waals surface area contributed by atoms with Crippen LogP contribution < -0.4 is 0 Å². The van der Waals surface area contributed by atoms with Gasteiger partial charge in [-0.25, -0.2) is 0 Å². The fourth-order valence-corrected chi connectivity index (χ4v) is 3.07. The van der Waals surface area contributed by atoms with Gasteiger partial charge in [0.2, 0.25) is 6.10 Å².